The molecule has 2 aromatic carbocycles. The Morgan fingerprint density at radius 3 is 2.72 bits per heavy atom. The quantitative estimate of drug-likeness (QED) is 0.737. The van der Waals surface area contributed by atoms with Crippen LogP contribution in [0.3, 0.4) is 0 Å². The first-order chi connectivity index (χ1) is 12.0. The first-order valence-corrected chi connectivity index (χ1v) is 7.97. The van der Waals surface area contributed by atoms with E-state index in [-0.39, 0.29) is 0 Å². The van der Waals surface area contributed by atoms with Gasteiger partial charge >= 0.3 is 6.03 Å². The monoisotopic (exact) mass is 358 g/mol. The molecule has 25 heavy (non-hydrogen) atoms. The van der Waals surface area contributed by atoms with Crippen molar-refractivity contribution in [1.82, 2.24) is 14.9 Å². The van der Waals surface area contributed by atoms with Crippen LogP contribution in [0.25, 0.3) is 0 Å². The fourth-order valence-electron chi connectivity index (χ4n) is 2.51. The molecular weight excluding hydrogens is 343 g/mol. The Labute approximate surface area is 149 Å². The number of aryl methyl sites for hydroxylation is 1. The number of carbonyl (C=O) groups excluding carboxylic acids is 1. The van der Waals surface area contributed by atoms with Crippen molar-refractivity contribution >= 4 is 23.3 Å². The van der Waals surface area contributed by atoms with E-state index < -0.39 is 17.9 Å². The van der Waals surface area contributed by atoms with E-state index in [2.05, 4.69) is 15.6 Å². The van der Waals surface area contributed by atoms with Gasteiger partial charge in [0.15, 0.2) is 0 Å². The smallest absolute Gasteiger partial charge is 0.320 e. The van der Waals surface area contributed by atoms with Gasteiger partial charge in [-0.1, -0.05) is 35.9 Å². The summed E-state index contributed by atoms with van der Waals surface area (Å²) in [4.78, 5) is 16.6. The second-order valence-electron chi connectivity index (χ2n) is 5.46. The third kappa shape index (κ3) is 3.97. The Kier molecular flexibility index (Phi) is 5.00. The van der Waals surface area contributed by atoms with E-state index in [0.29, 0.717) is 22.1 Å². The number of anilines is 1. The maximum absolute atomic E-state index is 14.3. The van der Waals surface area contributed by atoms with Crippen LogP contribution in [0.1, 0.15) is 17.4 Å². The number of imidazole rings is 1. The fraction of sp³-hybridized carbons (Fsp3) is 0.111. The molecule has 0 spiro atoms. The molecule has 7 heteroatoms. The van der Waals surface area contributed by atoms with Gasteiger partial charge in [0, 0.05) is 35.7 Å². The molecule has 0 aliphatic carbocycles. The Morgan fingerprint density at radius 2 is 2.04 bits per heavy atom. The zero-order valence-electron chi connectivity index (χ0n) is 13.4. The topological polar surface area (TPSA) is 59.0 Å². The Morgan fingerprint density at radius 1 is 1.24 bits per heavy atom. The van der Waals surface area contributed by atoms with Crippen LogP contribution in [0, 0.1) is 5.82 Å². The number of hydrogen-bond acceptors (Lipinski definition) is 2. The number of rotatable bonds is 4. The number of carbonyl (C=O) groups is 1. The number of nitrogens with one attached hydrogen (secondary N) is 2. The van der Waals surface area contributed by atoms with Crippen LogP contribution in [0.2, 0.25) is 5.02 Å². The molecule has 1 aromatic heterocycles. The summed E-state index contributed by atoms with van der Waals surface area (Å²) < 4.78 is 16.0. The molecule has 0 aliphatic heterocycles. The van der Waals surface area contributed by atoms with Crippen molar-refractivity contribution in [3.8, 4) is 0 Å². The van der Waals surface area contributed by atoms with Crippen molar-refractivity contribution in [2.24, 2.45) is 7.05 Å². The molecule has 1 heterocycles. The maximum Gasteiger partial charge on any atom is 0.320 e. The molecule has 0 fully saturated rings. The Balaban J connectivity index is 1.87. The van der Waals surface area contributed by atoms with E-state index >= 15 is 0 Å². The number of benzene rings is 2. The standard InChI is InChI=1S/C18H16ClFN4O/c1-24-10-9-21-17(24)16(14-7-2-3-8-15(14)20)23-18(25)22-13-6-4-5-12(19)11-13/h2-11,16H,1H3,(H2,22,23,25)/t16-/m0/s1. The minimum Gasteiger partial charge on any atom is -0.336 e. The van der Waals surface area contributed by atoms with Crippen LogP contribution in [0.5, 0.6) is 0 Å². The second kappa shape index (κ2) is 7.36. The summed E-state index contributed by atoms with van der Waals surface area (Å²) in [6.07, 6.45) is 3.33. The number of nitrogens with zero attached hydrogens (tertiary/aromatic N) is 2. The summed E-state index contributed by atoms with van der Waals surface area (Å²) >= 11 is 5.92. The number of hydrogen-bond donors (Lipinski definition) is 2. The SMILES string of the molecule is Cn1ccnc1[C@@H](NC(=O)Nc1cccc(Cl)c1)c1ccccc1F. The van der Waals surface area contributed by atoms with Crippen molar-refractivity contribution in [3.05, 3.63) is 83.2 Å². The maximum atomic E-state index is 14.3. The number of halogens is 2. The van der Waals surface area contributed by atoms with Crippen molar-refractivity contribution in [1.29, 1.82) is 0 Å². The molecule has 0 bridgehead atoms. The lowest BCUT2D eigenvalue weighted by Gasteiger charge is -2.20. The van der Waals surface area contributed by atoms with Crippen molar-refractivity contribution in [2.45, 2.75) is 6.04 Å². The van der Waals surface area contributed by atoms with Crippen molar-refractivity contribution < 1.29 is 9.18 Å². The first-order valence-electron chi connectivity index (χ1n) is 7.59. The highest BCUT2D eigenvalue weighted by Crippen LogP contribution is 2.23. The lowest BCUT2D eigenvalue weighted by atomic mass is 10.1. The van der Waals surface area contributed by atoms with Crippen LogP contribution >= 0.6 is 11.6 Å². The molecule has 3 aromatic rings. The molecule has 0 saturated heterocycles. The summed E-state index contributed by atoms with van der Waals surface area (Å²) in [5.41, 5.74) is 0.871. The molecule has 5 nitrogen and oxygen atoms in total. The molecule has 128 valence electrons. The molecule has 0 unspecified atom stereocenters. The molecule has 2 N–H and O–H groups in total. The first kappa shape index (κ1) is 17.0. The van der Waals surface area contributed by atoms with Gasteiger partial charge in [0.1, 0.15) is 17.7 Å². The lowest BCUT2D eigenvalue weighted by molar-refractivity contribution is 0.249. The van der Waals surface area contributed by atoms with Crippen molar-refractivity contribution in [2.75, 3.05) is 5.32 Å². The van der Waals surface area contributed by atoms with Gasteiger partial charge < -0.3 is 15.2 Å². The molecule has 0 saturated carbocycles. The third-order valence-corrected chi connectivity index (χ3v) is 3.93. The zero-order valence-corrected chi connectivity index (χ0v) is 14.2. The van der Waals surface area contributed by atoms with Gasteiger partial charge in [0.05, 0.1) is 0 Å². The molecular formula is C18H16ClFN4O. The molecule has 2 amide bonds. The predicted molar refractivity (Wildman–Crippen MR) is 95.1 cm³/mol. The van der Waals surface area contributed by atoms with Crippen LogP contribution in [-0.2, 0) is 7.05 Å². The summed E-state index contributed by atoms with van der Waals surface area (Å²) in [7, 11) is 1.78. The third-order valence-electron chi connectivity index (χ3n) is 3.69. The summed E-state index contributed by atoms with van der Waals surface area (Å²) in [5.74, 6) is 0.102. The van der Waals surface area contributed by atoms with Crippen LogP contribution in [-0.4, -0.2) is 15.6 Å². The minimum absolute atomic E-state index is 0.332. The average molecular weight is 359 g/mol. The van der Waals surface area contributed by atoms with E-state index in [4.69, 9.17) is 11.6 Å². The highest BCUT2D eigenvalue weighted by molar-refractivity contribution is 6.30. The van der Waals surface area contributed by atoms with Crippen LogP contribution < -0.4 is 10.6 Å². The molecule has 0 aliphatic rings. The lowest BCUT2D eigenvalue weighted by Crippen LogP contribution is -2.35. The van der Waals surface area contributed by atoms with E-state index in [1.165, 1.54) is 6.07 Å². The average Bonchev–Trinajstić information content (AvgIpc) is 2.99. The largest absolute Gasteiger partial charge is 0.336 e. The normalized spacial score (nSPS) is 11.8. The fourth-order valence-corrected chi connectivity index (χ4v) is 2.70. The van der Waals surface area contributed by atoms with Gasteiger partial charge in [-0.25, -0.2) is 14.2 Å². The summed E-state index contributed by atoms with van der Waals surface area (Å²) in [6, 6.07) is 11.8. The second-order valence-corrected chi connectivity index (χ2v) is 5.90. The zero-order chi connectivity index (χ0) is 17.8. The van der Waals surface area contributed by atoms with E-state index in [1.807, 2.05) is 0 Å². The molecule has 0 radical (unpaired) electrons. The number of amides is 2. The van der Waals surface area contributed by atoms with Crippen LogP contribution in [0.4, 0.5) is 14.9 Å². The van der Waals surface area contributed by atoms with Gasteiger partial charge in [-0.15, -0.1) is 0 Å². The highest BCUT2D eigenvalue weighted by Gasteiger charge is 2.23. The van der Waals surface area contributed by atoms with E-state index in [9.17, 15) is 9.18 Å². The molecule has 3 rings (SSSR count). The van der Waals surface area contributed by atoms with Gasteiger partial charge in [-0.3, -0.25) is 0 Å². The van der Waals surface area contributed by atoms with Crippen LogP contribution in [0.15, 0.2) is 60.9 Å². The van der Waals surface area contributed by atoms with Gasteiger partial charge in [0.2, 0.25) is 0 Å². The van der Waals surface area contributed by atoms with Crippen molar-refractivity contribution in [3.63, 3.8) is 0 Å². The van der Waals surface area contributed by atoms with E-state index in [0.717, 1.165) is 0 Å². The summed E-state index contributed by atoms with van der Waals surface area (Å²) in [5, 5.41) is 5.97. The number of urea groups is 1. The van der Waals surface area contributed by atoms with E-state index in [1.54, 1.807) is 66.5 Å². The van der Waals surface area contributed by atoms with Gasteiger partial charge in [-0.2, -0.15) is 0 Å². The Bertz CT molecular complexity index is 896. The predicted octanol–water partition coefficient (Wildman–Crippen LogP) is 4.12. The Hall–Kier alpha value is -2.86. The van der Waals surface area contributed by atoms with Gasteiger partial charge in [-0.05, 0) is 24.3 Å². The number of aromatic nitrogens is 2. The minimum atomic E-state index is -0.736. The summed E-state index contributed by atoms with van der Waals surface area (Å²) in [6.45, 7) is 0. The highest BCUT2D eigenvalue weighted by atomic mass is 35.5. The molecule has 1 atom stereocenters. The van der Waals surface area contributed by atoms with Gasteiger partial charge in [0.25, 0.3) is 0 Å².